The van der Waals surface area contributed by atoms with Crippen LogP contribution < -0.4 is 11.2 Å². The van der Waals surface area contributed by atoms with E-state index in [-0.39, 0.29) is 11.6 Å². The van der Waals surface area contributed by atoms with Crippen molar-refractivity contribution in [2.75, 3.05) is 31.6 Å². The van der Waals surface area contributed by atoms with E-state index in [1.807, 2.05) is 20.8 Å². The van der Waals surface area contributed by atoms with Gasteiger partial charge in [-0.1, -0.05) is 12.1 Å². The van der Waals surface area contributed by atoms with Crippen molar-refractivity contribution >= 4 is 29.2 Å². The van der Waals surface area contributed by atoms with Crippen LogP contribution >= 0.6 is 0 Å². The van der Waals surface area contributed by atoms with Crippen LogP contribution in [0, 0.1) is 23.7 Å². The van der Waals surface area contributed by atoms with Gasteiger partial charge in [0.25, 0.3) is 5.91 Å². The summed E-state index contributed by atoms with van der Waals surface area (Å²) in [5.74, 6) is -0.689. The van der Waals surface area contributed by atoms with E-state index in [4.69, 9.17) is 21.1 Å². The molecule has 1 fully saturated rings. The molecule has 2 rings (SSSR count). The molecule has 1 saturated heterocycles. The molecule has 10 heteroatoms. The van der Waals surface area contributed by atoms with Crippen LogP contribution in [-0.2, 0) is 4.74 Å². The highest BCUT2D eigenvalue weighted by Crippen LogP contribution is 2.23. The van der Waals surface area contributed by atoms with Crippen molar-refractivity contribution < 1.29 is 14.3 Å². The Balaban J connectivity index is 2.13. The second-order valence-electron chi connectivity index (χ2n) is 7.85. The van der Waals surface area contributed by atoms with Crippen LogP contribution in [0.4, 0.5) is 10.5 Å². The lowest BCUT2D eigenvalue weighted by atomic mass is 10.1. The van der Waals surface area contributed by atoms with Gasteiger partial charge >= 0.3 is 6.09 Å². The molecule has 0 radical (unpaired) electrons. The zero-order valence-corrected chi connectivity index (χ0v) is 17.7. The summed E-state index contributed by atoms with van der Waals surface area (Å²) in [6.45, 7) is 8.70. The number of hydrazone groups is 1. The molecule has 0 unspecified atom stereocenters. The molecule has 1 aliphatic rings. The van der Waals surface area contributed by atoms with E-state index < -0.39 is 17.5 Å². The largest absolute Gasteiger partial charge is 0.444 e. The highest BCUT2D eigenvalue weighted by atomic mass is 16.6. The zero-order valence-electron chi connectivity index (χ0n) is 17.7. The summed E-state index contributed by atoms with van der Waals surface area (Å²) in [4.78, 5) is 28.5. The van der Waals surface area contributed by atoms with Crippen LogP contribution in [0.1, 0.15) is 36.7 Å². The monoisotopic (exact) mass is 413 g/mol. The maximum Gasteiger partial charge on any atom is 0.410 e. The second kappa shape index (κ2) is 9.26. The summed E-state index contributed by atoms with van der Waals surface area (Å²) >= 11 is 0. The fraction of sp³-hybridized carbons (Fsp3) is 0.450. The van der Waals surface area contributed by atoms with E-state index in [9.17, 15) is 9.59 Å². The van der Waals surface area contributed by atoms with Crippen LogP contribution in [-0.4, -0.2) is 65.1 Å². The van der Waals surface area contributed by atoms with Crippen LogP contribution in [0.2, 0.25) is 0 Å². The summed E-state index contributed by atoms with van der Waals surface area (Å²) in [6, 6.07) is 6.94. The number of carbonyl (C=O) groups is 2. The molecule has 0 spiro atoms. The Bertz CT molecular complexity index is 904. The van der Waals surface area contributed by atoms with Gasteiger partial charge < -0.3 is 20.3 Å². The molecule has 2 amide bonds. The van der Waals surface area contributed by atoms with Crippen molar-refractivity contribution in [2.45, 2.75) is 33.3 Å². The van der Waals surface area contributed by atoms with E-state index >= 15 is 0 Å². The Labute approximate surface area is 175 Å². The van der Waals surface area contributed by atoms with Crippen molar-refractivity contribution in [1.82, 2.24) is 9.80 Å². The molecule has 4 N–H and O–H groups in total. The van der Waals surface area contributed by atoms with Gasteiger partial charge in [-0.15, -0.1) is 0 Å². The number of piperazine rings is 1. The third-order valence-corrected chi connectivity index (χ3v) is 4.36. The van der Waals surface area contributed by atoms with Crippen LogP contribution in [0.15, 0.2) is 23.3 Å². The first-order valence-corrected chi connectivity index (χ1v) is 9.48. The van der Waals surface area contributed by atoms with Gasteiger partial charge in [0.1, 0.15) is 11.7 Å². The van der Waals surface area contributed by atoms with Gasteiger partial charge in [0.15, 0.2) is 5.84 Å². The highest BCUT2D eigenvalue weighted by Gasteiger charge is 2.29. The third kappa shape index (κ3) is 5.70. The number of hydrogen-bond acceptors (Lipinski definition) is 7. The predicted molar refractivity (Wildman–Crippen MR) is 113 cm³/mol. The topological polar surface area (TPSA) is 148 Å². The maximum atomic E-state index is 13.1. The molecule has 1 aliphatic heterocycles. The van der Waals surface area contributed by atoms with Crippen molar-refractivity contribution in [1.29, 1.82) is 10.7 Å². The minimum absolute atomic E-state index is 0.221. The van der Waals surface area contributed by atoms with E-state index in [0.717, 1.165) is 5.56 Å². The number of carbonyl (C=O) groups excluding carboxylic acids is 2. The minimum atomic E-state index is -0.575. The van der Waals surface area contributed by atoms with Crippen LogP contribution in [0.5, 0.6) is 0 Å². The van der Waals surface area contributed by atoms with Gasteiger partial charge in [-0.25, -0.2) is 4.79 Å². The number of amides is 2. The van der Waals surface area contributed by atoms with E-state index in [1.54, 1.807) is 41.0 Å². The Morgan fingerprint density at radius 3 is 2.37 bits per heavy atom. The van der Waals surface area contributed by atoms with E-state index in [0.29, 0.717) is 37.4 Å². The lowest BCUT2D eigenvalue weighted by molar-refractivity contribution is 0.0141. The number of para-hydroxylation sites is 1. The van der Waals surface area contributed by atoms with E-state index in [1.165, 1.54) is 0 Å². The average Bonchev–Trinajstić information content (AvgIpc) is 2.67. The quantitative estimate of drug-likeness (QED) is 0.390. The Morgan fingerprint density at radius 1 is 1.23 bits per heavy atom. The van der Waals surface area contributed by atoms with Gasteiger partial charge in [0.05, 0.1) is 11.3 Å². The number of nitrogens with one attached hydrogen (secondary N) is 2. The SMILES string of the molecule is Cc1cccc(C(=O)N2CCN(C(=O)OC(C)(C)C)CC2)c1N/N=C(\C#N)C(=N)N. The smallest absolute Gasteiger partial charge is 0.410 e. The van der Waals surface area contributed by atoms with Crippen molar-refractivity contribution in [3.8, 4) is 6.07 Å². The first kappa shape index (κ1) is 22.7. The molecule has 1 aromatic rings. The Morgan fingerprint density at radius 2 is 1.83 bits per heavy atom. The van der Waals surface area contributed by atoms with Crippen molar-refractivity contribution in [2.24, 2.45) is 10.8 Å². The minimum Gasteiger partial charge on any atom is -0.444 e. The number of nitrogens with zero attached hydrogens (tertiary/aromatic N) is 4. The molecule has 10 nitrogen and oxygen atoms in total. The first-order valence-electron chi connectivity index (χ1n) is 9.48. The molecule has 0 aliphatic carbocycles. The third-order valence-electron chi connectivity index (χ3n) is 4.36. The summed E-state index contributed by atoms with van der Waals surface area (Å²) in [6.07, 6.45) is -0.393. The standard InChI is InChI=1S/C20H27N7O3/c1-13-6-5-7-14(16(13)25-24-15(12-21)17(22)23)18(28)26-8-10-27(11-9-26)19(29)30-20(2,3)4/h5-7,25H,8-11H2,1-4H3,(H3,22,23)/b24-15+. The van der Waals surface area contributed by atoms with Gasteiger partial charge in [-0.2, -0.15) is 10.4 Å². The molecule has 160 valence electrons. The first-order chi connectivity index (χ1) is 14.0. The summed E-state index contributed by atoms with van der Waals surface area (Å²) < 4.78 is 5.38. The number of rotatable bonds is 4. The summed E-state index contributed by atoms with van der Waals surface area (Å²) in [5.41, 5.74) is 8.73. The Kier molecular flexibility index (Phi) is 7.00. The average molecular weight is 413 g/mol. The zero-order chi connectivity index (χ0) is 22.5. The number of nitriles is 1. The fourth-order valence-electron chi connectivity index (χ4n) is 2.84. The number of hydrogen-bond donors (Lipinski definition) is 3. The molecule has 1 heterocycles. The predicted octanol–water partition coefficient (Wildman–Crippen LogP) is 1.92. The number of aryl methyl sites for hydroxylation is 1. The lowest BCUT2D eigenvalue weighted by Crippen LogP contribution is -2.51. The number of anilines is 1. The van der Waals surface area contributed by atoms with Crippen LogP contribution in [0.25, 0.3) is 0 Å². The van der Waals surface area contributed by atoms with Crippen molar-refractivity contribution in [3.05, 3.63) is 29.3 Å². The normalized spacial score (nSPS) is 14.7. The number of nitrogens with two attached hydrogens (primary N) is 1. The molecular weight excluding hydrogens is 386 g/mol. The number of ether oxygens (including phenoxy) is 1. The van der Waals surface area contributed by atoms with Gasteiger partial charge in [-0.3, -0.25) is 15.6 Å². The number of amidine groups is 1. The second-order valence-corrected chi connectivity index (χ2v) is 7.85. The maximum absolute atomic E-state index is 13.1. The van der Waals surface area contributed by atoms with Gasteiger partial charge in [0.2, 0.25) is 5.71 Å². The molecule has 0 aromatic heterocycles. The summed E-state index contributed by atoms with van der Waals surface area (Å²) in [7, 11) is 0. The molecule has 0 saturated carbocycles. The number of benzene rings is 1. The fourth-order valence-corrected chi connectivity index (χ4v) is 2.84. The highest BCUT2D eigenvalue weighted by molar-refractivity contribution is 6.45. The van der Waals surface area contributed by atoms with Gasteiger partial charge in [-0.05, 0) is 39.3 Å². The molecule has 0 atom stereocenters. The molecular formula is C20H27N7O3. The molecule has 0 bridgehead atoms. The van der Waals surface area contributed by atoms with Crippen LogP contribution in [0.3, 0.4) is 0 Å². The van der Waals surface area contributed by atoms with Gasteiger partial charge in [0, 0.05) is 26.2 Å². The van der Waals surface area contributed by atoms with Crippen molar-refractivity contribution in [3.63, 3.8) is 0 Å². The lowest BCUT2D eigenvalue weighted by Gasteiger charge is -2.35. The summed E-state index contributed by atoms with van der Waals surface area (Å²) in [5, 5.41) is 20.2. The van der Waals surface area contributed by atoms with E-state index in [2.05, 4.69) is 10.5 Å². The molecule has 1 aromatic carbocycles. The molecule has 30 heavy (non-hydrogen) atoms. The Hall–Kier alpha value is -3.61.